The van der Waals surface area contributed by atoms with Crippen molar-refractivity contribution in [2.75, 3.05) is 30.3 Å². The molecule has 0 bridgehead atoms. The van der Waals surface area contributed by atoms with Crippen molar-refractivity contribution in [3.8, 4) is 11.5 Å². The van der Waals surface area contributed by atoms with Gasteiger partial charge in [-0.3, -0.25) is 4.31 Å². The Kier molecular flexibility index (Phi) is 4.31. The van der Waals surface area contributed by atoms with Crippen molar-refractivity contribution in [2.45, 2.75) is 22.6 Å². The van der Waals surface area contributed by atoms with Crippen LogP contribution in [0.4, 0.5) is 5.69 Å². The molecule has 0 aromatic heterocycles. The Labute approximate surface area is 158 Å². The Bertz CT molecular complexity index is 1110. The normalized spacial score (nSPS) is 16.7. The zero-order valence-corrected chi connectivity index (χ0v) is 16.3. The fourth-order valence-corrected chi connectivity index (χ4v) is 5.64. The average Bonchev–Trinajstić information content (AvgIpc) is 2.66. The van der Waals surface area contributed by atoms with E-state index in [1.54, 1.807) is 12.1 Å². The molecule has 0 spiro atoms. The summed E-state index contributed by atoms with van der Waals surface area (Å²) >= 11 is 0. The molecule has 0 N–H and O–H groups in total. The van der Waals surface area contributed by atoms with Crippen LogP contribution in [0, 0.1) is 0 Å². The van der Waals surface area contributed by atoms with E-state index in [-0.39, 0.29) is 9.79 Å². The standard InChI is InChI=1S/C18H19NO6S2/c1-26(20,21)19-8-2-3-13-4-5-14(11-16(13)19)27(22,23)15-6-7-17-18(12-15)25-10-9-24-17/h4-7,11-12H,2-3,8-10H2,1H3. The number of hydrogen-bond acceptors (Lipinski definition) is 6. The van der Waals surface area contributed by atoms with Crippen LogP contribution >= 0.6 is 0 Å². The molecule has 2 aliphatic heterocycles. The smallest absolute Gasteiger partial charge is 0.232 e. The van der Waals surface area contributed by atoms with E-state index in [0.717, 1.165) is 11.8 Å². The first-order valence-corrected chi connectivity index (χ1v) is 11.9. The van der Waals surface area contributed by atoms with Crippen LogP contribution < -0.4 is 13.8 Å². The van der Waals surface area contributed by atoms with Gasteiger partial charge in [-0.15, -0.1) is 0 Å². The van der Waals surface area contributed by atoms with E-state index in [0.29, 0.717) is 49.8 Å². The van der Waals surface area contributed by atoms with Crippen LogP contribution in [0.15, 0.2) is 46.2 Å². The van der Waals surface area contributed by atoms with Crippen LogP contribution in [0.1, 0.15) is 12.0 Å². The summed E-state index contributed by atoms with van der Waals surface area (Å²) in [6.07, 6.45) is 2.55. The van der Waals surface area contributed by atoms with Gasteiger partial charge in [0, 0.05) is 12.6 Å². The predicted molar refractivity (Wildman–Crippen MR) is 99.8 cm³/mol. The van der Waals surface area contributed by atoms with Gasteiger partial charge in [-0.25, -0.2) is 16.8 Å². The van der Waals surface area contributed by atoms with Crippen molar-refractivity contribution in [1.29, 1.82) is 0 Å². The largest absolute Gasteiger partial charge is 0.486 e. The predicted octanol–water partition coefficient (Wildman–Crippen LogP) is 2.00. The van der Waals surface area contributed by atoms with E-state index in [4.69, 9.17) is 9.47 Å². The molecule has 0 saturated heterocycles. The number of sulfone groups is 1. The number of ether oxygens (including phenoxy) is 2. The Hall–Kier alpha value is -2.26. The highest BCUT2D eigenvalue weighted by Gasteiger charge is 2.27. The van der Waals surface area contributed by atoms with Crippen molar-refractivity contribution in [3.05, 3.63) is 42.0 Å². The molecule has 0 fully saturated rings. The molecule has 0 aliphatic carbocycles. The fourth-order valence-electron chi connectivity index (χ4n) is 3.36. The highest BCUT2D eigenvalue weighted by molar-refractivity contribution is 7.92. The maximum atomic E-state index is 13.1. The maximum Gasteiger partial charge on any atom is 0.232 e. The van der Waals surface area contributed by atoms with Crippen molar-refractivity contribution in [3.63, 3.8) is 0 Å². The van der Waals surface area contributed by atoms with E-state index in [1.807, 2.05) is 0 Å². The Morgan fingerprint density at radius 2 is 1.56 bits per heavy atom. The summed E-state index contributed by atoms with van der Waals surface area (Å²) in [5.41, 5.74) is 1.26. The van der Waals surface area contributed by atoms with Gasteiger partial charge in [0.25, 0.3) is 0 Å². The Balaban J connectivity index is 1.79. The van der Waals surface area contributed by atoms with Crippen molar-refractivity contribution in [1.82, 2.24) is 0 Å². The van der Waals surface area contributed by atoms with Crippen LogP contribution in [0.3, 0.4) is 0 Å². The van der Waals surface area contributed by atoms with E-state index >= 15 is 0 Å². The molecule has 0 atom stereocenters. The van der Waals surface area contributed by atoms with Crippen molar-refractivity contribution < 1.29 is 26.3 Å². The fraction of sp³-hybridized carbons (Fsp3) is 0.333. The molecule has 0 saturated carbocycles. The summed E-state index contributed by atoms with van der Waals surface area (Å²) in [7, 11) is -7.31. The van der Waals surface area contributed by atoms with Crippen molar-refractivity contribution in [2.24, 2.45) is 0 Å². The molecule has 2 aliphatic rings. The number of sulfonamides is 1. The van der Waals surface area contributed by atoms with Crippen LogP contribution in [-0.4, -0.2) is 42.8 Å². The lowest BCUT2D eigenvalue weighted by atomic mass is 10.0. The minimum Gasteiger partial charge on any atom is -0.486 e. The molecule has 0 unspecified atom stereocenters. The second kappa shape index (κ2) is 6.42. The van der Waals surface area contributed by atoms with Gasteiger partial charge in [-0.05, 0) is 42.7 Å². The third kappa shape index (κ3) is 3.25. The topological polar surface area (TPSA) is 90.0 Å². The summed E-state index contributed by atoms with van der Waals surface area (Å²) in [6.45, 7) is 1.13. The Morgan fingerprint density at radius 1 is 0.889 bits per heavy atom. The molecule has 4 rings (SSSR count). The van der Waals surface area contributed by atoms with E-state index < -0.39 is 19.9 Å². The highest BCUT2D eigenvalue weighted by Crippen LogP contribution is 2.36. The number of anilines is 1. The second-order valence-electron chi connectivity index (χ2n) is 6.54. The monoisotopic (exact) mass is 409 g/mol. The van der Waals surface area contributed by atoms with Crippen LogP contribution in [0.25, 0.3) is 0 Å². The number of rotatable bonds is 3. The molecule has 7 nitrogen and oxygen atoms in total. The van der Waals surface area contributed by atoms with Crippen LogP contribution in [-0.2, 0) is 26.3 Å². The minimum absolute atomic E-state index is 0.0495. The van der Waals surface area contributed by atoms with Crippen LogP contribution in [0.2, 0.25) is 0 Å². The lowest BCUT2D eigenvalue weighted by Gasteiger charge is -2.29. The second-order valence-corrected chi connectivity index (χ2v) is 10.4. The quantitative estimate of drug-likeness (QED) is 0.770. The van der Waals surface area contributed by atoms with Gasteiger partial charge in [0.1, 0.15) is 13.2 Å². The zero-order chi connectivity index (χ0) is 19.2. The highest BCUT2D eigenvalue weighted by atomic mass is 32.2. The summed E-state index contributed by atoms with van der Waals surface area (Å²) in [5.74, 6) is 0.895. The molecule has 27 heavy (non-hydrogen) atoms. The lowest BCUT2D eigenvalue weighted by Crippen LogP contribution is -2.34. The van der Waals surface area contributed by atoms with Gasteiger partial charge in [-0.2, -0.15) is 0 Å². The SMILES string of the molecule is CS(=O)(=O)N1CCCc2ccc(S(=O)(=O)c3ccc4c(c3)OCCO4)cc21. The van der Waals surface area contributed by atoms with E-state index in [2.05, 4.69) is 0 Å². The van der Waals surface area contributed by atoms with Gasteiger partial charge in [0.05, 0.1) is 21.7 Å². The third-order valence-electron chi connectivity index (χ3n) is 4.67. The molecule has 0 radical (unpaired) electrons. The summed E-state index contributed by atoms with van der Waals surface area (Å²) in [6, 6.07) is 9.15. The van der Waals surface area contributed by atoms with E-state index in [9.17, 15) is 16.8 Å². The van der Waals surface area contributed by atoms with Crippen LogP contribution in [0.5, 0.6) is 11.5 Å². The number of hydrogen-bond donors (Lipinski definition) is 0. The molecule has 9 heteroatoms. The number of benzene rings is 2. The molecule has 2 aromatic carbocycles. The first-order chi connectivity index (χ1) is 12.8. The zero-order valence-electron chi connectivity index (χ0n) is 14.7. The number of fused-ring (bicyclic) bond motifs is 2. The summed E-state index contributed by atoms with van der Waals surface area (Å²) in [4.78, 5) is 0.127. The van der Waals surface area contributed by atoms with Gasteiger partial charge in [-0.1, -0.05) is 6.07 Å². The Morgan fingerprint density at radius 3 is 2.30 bits per heavy atom. The minimum atomic E-state index is -3.83. The average molecular weight is 409 g/mol. The molecular weight excluding hydrogens is 390 g/mol. The molecule has 0 amide bonds. The molecular formula is C18H19NO6S2. The molecule has 2 heterocycles. The lowest BCUT2D eigenvalue weighted by molar-refractivity contribution is 0.171. The summed E-state index contributed by atoms with van der Waals surface area (Å²) in [5, 5.41) is 0. The van der Waals surface area contributed by atoms with Crippen molar-refractivity contribution >= 4 is 25.5 Å². The first kappa shape index (κ1) is 18.1. The van der Waals surface area contributed by atoms with E-state index in [1.165, 1.54) is 28.6 Å². The van der Waals surface area contributed by atoms with Gasteiger partial charge in [0.2, 0.25) is 19.9 Å². The third-order valence-corrected chi connectivity index (χ3v) is 7.60. The van der Waals surface area contributed by atoms with Gasteiger partial charge >= 0.3 is 0 Å². The first-order valence-electron chi connectivity index (χ1n) is 8.52. The van der Waals surface area contributed by atoms with Gasteiger partial charge < -0.3 is 9.47 Å². The number of aryl methyl sites for hydroxylation is 1. The number of nitrogens with zero attached hydrogens (tertiary/aromatic N) is 1. The molecule has 144 valence electrons. The van der Waals surface area contributed by atoms with Gasteiger partial charge in [0.15, 0.2) is 11.5 Å². The maximum absolute atomic E-state index is 13.1. The molecule has 2 aromatic rings. The summed E-state index contributed by atoms with van der Waals surface area (Å²) < 4.78 is 62.5.